The molecule has 0 fully saturated rings. The van der Waals surface area contributed by atoms with Gasteiger partial charge in [-0.25, -0.2) is 0 Å². The standard InChI is InChI=1S/C11H22N2O/c1-4-6-9(7-5-2)10(8(3)12)11(13)14/h8H,4-7,12H2,1-3H3,(H2,13,14). The molecule has 3 nitrogen and oxygen atoms in total. The number of carbonyl (C=O) groups excluding carboxylic acids is 1. The fourth-order valence-electron chi connectivity index (χ4n) is 1.72. The van der Waals surface area contributed by atoms with Gasteiger partial charge in [-0.2, -0.15) is 0 Å². The third-order valence-electron chi connectivity index (χ3n) is 2.21. The van der Waals surface area contributed by atoms with E-state index in [0.29, 0.717) is 5.57 Å². The lowest BCUT2D eigenvalue weighted by atomic mass is 9.95. The zero-order chi connectivity index (χ0) is 11.1. The van der Waals surface area contributed by atoms with E-state index >= 15 is 0 Å². The molecule has 0 aromatic heterocycles. The molecule has 0 aliphatic heterocycles. The van der Waals surface area contributed by atoms with Crippen LogP contribution in [0.4, 0.5) is 0 Å². The Hall–Kier alpha value is -0.830. The van der Waals surface area contributed by atoms with Gasteiger partial charge in [0.25, 0.3) is 0 Å². The summed E-state index contributed by atoms with van der Waals surface area (Å²) in [6.45, 7) is 6.00. The van der Waals surface area contributed by atoms with Crippen LogP contribution in [0.25, 0.3) is 0 Å². The third kappa shape index (κ3) is 3.92. The van der Waals surface area contributed by atoms with Crippen molar-refractivity contribution in [2.75, 3.05) is 0 Å². The molecule has 0 rings (SSSR count). The highest BCUT2D eigenvalue weighted by Crippen LogP contribution is 2.18. The molecule has 82 valence electrons. The Labute approximate surface area is 86.5 Å². The lowest BCUT2D eigenvalue weighted by Crippen LogP contribution is -2.30. The van der Waals surface area contributed by atoms with Crippen LogP contribution in [0.2, 0.25) is 0 Å². The second kappa shape index (κ2) is 6.60. The van der Waals surface area contributed by atoms with E-state index in [1.54, 1.807) is 0 Å². The average Bonchev–Trinajstić information content (AvgIpc) is 2.03. The van der Waals surface area contributed by atoms with Crippen molar-refractivity contribution in [2.24, 2.45) is 11.5 Å². The topological polar surface area (TPSA) is 69.1 Å². The van der Waals surface area contributed by atoms with Gasteiger partial charge in [0.05, 0.1) is 0 Å². The fraction of sp³-hybridized carbons (Fsp3) is 0.727. The summed E-state index contributed by atoms with van der Waals surface area (Å²) in [6, 6.07) is -0.249. The van der Waals surface area contributed by atoms with Crippen LogP contribution in [-0.2, 0) is 4.79 Å². The molecule has 0 aromatic rings. The van der Waals surface area contributed by atoms with E-state index in [9.17, 15) is 4.79 Å². The van der Waals surface area contributed by atoms with Crippen molar-refractivity contribution >= 4 is 5.91 Å². The average molecular weight is 198 g/mol. The molecular formula is C11H22N2O. The van der Waals surface area contributed by atoms with Crippen molar-refractivity contribution in [3.8, 4) is 0 Å². The van der Waals surface area contributed by atoms with Crippen molar-refractivity contribution in [2.45, 2.75) is 52.5 Å². The number of hydrogen-bond acceptors (Lipinski definition) is 2. The van der Waals surface area contributed by atoms with Gasteiger partial charge in [0.2, 0.25) is 5.91 Å². The maximum absolute atomic E-state index is 11.2. The number of primary amides is 1. The van der Waals surface area contributed by atoms with Crippen LogP contribution in [0.5, 0.6) is 0 Å². The van der Waals surface area contributed by atoms with E-state index in [-0.39, 0.29) is 11.9 Å². The molecular weight excluding hydrogens is 176 g/mol. The summed E-state index contributed by atoms with van der Waals surface area (Å²) in [5.41, 5.74) is 12.8. The lowest BCUT2D eigenvalue weighted by molar-refractivity contribution is -0.114. The van der Waals surface area contributed by atoms with E-state index in [2.05, 4.69) is 13.8 Å². The van der Waals surface area contributed by atoms with Crippen LogP contribution in [0.15, 0.2) is 11.1 Å². The summed E-state index contributed by atoms with van der Waals surface area (Å²) in [5.74, 6) is -0.364. The summed E-state index contributed by atoms with van der Waals surface area (Å²) in [7, 11) is 0. The van der Waals surface area contributed by atoms with Crippen LogP contribution >= 0.6 is 0 Å². The molecule has 1 amide bonds. The van der Waals surface area contributed by atoms with Gasteiger partial charge in [-0.15, -0.1) is 0 Å². The van der Waals surface area contributed by atoms with E-state index in [1.165, 1.54) is 0 Å². The molecule has 0 spiro atoms. The van der Waals surface area contributed by atoms with Gasteiger partial charge in [-0.1, -0.05) is 32.3 Å². The molecule has 0 saturated heterocycles. The summed E-state index contributed by atoms with van der Waals surface area (Å²) in [6.07, 6.45) is 3.90. The number of hydrogen-bond donors (Lipinski definition) is 2. The molecule has 0 bridgehead atoms. The second-order valence-electron chi connectivity index (χ2n) is 3.67. The number of nitrogens with two attached hydrogens (primary N) is 2. The molecule has 4 N–H and O–H groups in total. The van der Waals surface area contributed by atoms with Crippen LogP contribution in [0, 0.1) is 0 Å². The van der Waals surface area contributed by atoms with E-state index in [4.69, 9.17) is 11.5 Å². The Morgan fingerprint density at radius 3 is 1.86 bits per heavy atom. The highest BCUT2D eigenvalue weighted by Gasteiger charge is 2.15. The molecule has 0 heterocycles. The van der Waals surface area contributed by atoms with E-state index in [0.717, 1.165) is 31.3 Å². The van der Waals surface area contributed by atoms with Gasteiger partial charge in [-0.05, 0) is 19.8 Å². The van der Waals surface area contributed by atoms with Gasteiger partial charge in [0, 0.05) is 11.6 Å². The van der Waals surface area contributed by atoms with E-state index < -0.39 is 0 Å². The highest BCUT2D eigenvalue weighted by molar-refractivity contribution is 5.93. The largest absolute Gasteiger partial charge is 0.366 e. The normalized spacial score (nSPS) is 12.3. The first kappa shape index (κ1) is 13.2. The van der Waals surface area contributed by atoms with E-state index in [1.807, 2.05) is 6.92 Å². The SMILES string of the molecule is CCCC(CCC)=C(C(N)=O)C(C)N. The van der Waals surface area contributed by atoms with Gasteiger partial charge in [-0.3, -0.25) is 4.79 Å². The Bertz CT molecular complexity index is 211. The Kier molecular flexibility index (Phi) is 6.21. The predicted molar refractivity (Wildman–Crippen MR) is 59.7 cm³/mol. The molecule has 1 atom stereocenters. The Balaban J connectivity index is 4.93. The van der Waals surface area contributed by atoms with Crippen LogP contribution in [0.1, 0.15) is 46.5 Å². The molecule has 0 aromatic carbocycles. The minimum atomic E-state index is -0.364. The predicted octanol–water partition coefficient (Wildman–Crippen LogP) is 1.72. The van der Waals surface area contributed by atoms with Crippen molar-refractivity contribution in [3.05, 3.63) is 11.1 Å². The van der Waals surface area contributed by atoms with Crippen molar-refractivity contribution in [1.82, 2.24) is 0 Å². The quantitative estimate of drug-likeness (QED) is 0.638. The molecule has 0 saturated carbocycles. The zero-order valence-electron chi connectivity index (χ0n) is 9.47. The number of allylic oxidation sites excluding steroid dienone is 1. The summed E-state index contributed by atoms with van der Waals surface area (Å²) >= 11 is 0. The smallest absolute Gasteiger partial charge is 0.246 e. The maximum Gasteiger partial charge on any atom is 0.246 e. The van der Waals surface area contributed by atoms with Crippen LogP contribution in [-0.4, -0.2) is 11.9 Å². The molecule has 0 radical (unpaired) electrons. The first-order valence-electron chi connectivity index (χ1n) is 5.31. The second-order valence-corrected chi connectivity index (χ2v) is 3.67. The lowest BCUT2D eigenvalue weighted by Gasteiger charge is -2.14. The fourth-order valence-corrected chi connectivity index (χ4v) is 1.72. The van der Waals surface area contributed by atoms with Crippen molar-refractivity contribution < 1.29 is 4.79 Å². The Morgan fingerprint density at radius 2 is 1.64 bits per heavy atom. The third-order valence-corrected chi connectivity index (χ3v) is 2.21. The van der Waals surface area contributed by atoms with Crippen molar-refractivity contribution in [3.63, 3.8) is 0 Å². The highest BCUT2D eigenvalue weighted by atomic mass is 16.1. The maximum atomic E-state index is 11.2. The van der Waals surface area contributed by atoms with Crippen LogP contribution in [0.3, 0.4) is 0 Å². The Morgan fingerprint density at radius 1 is 1.21 bits per heavy atom. The molecule has 0 aliphatic rings. The minimum absolute atomic E-state index is 0.249. The first-order chi connectivity index (χ1) is 6.54. The van der Waals surface area contributed by atoms with Gasteiger partial charge in [0.15, 0.2) is 0 Å². The number of carbonyl (C=O) groups is 1. The minimum Gasteiger partial charge on any atom is -0.366 e. The molecule has 14 heavy (non-hydrogen) atoms. The zero-order valence-corrected chi connectivity index (χ0v) is 9.47. The summed E-state index contributed by atoms with van der Waals surface area (Å²) < 4.78 is 0. The summed E-state index contributed by atoms with van der Waals surface area (Å²) in [5, 5.41) is 0. The van der Waals surface area contributed by atoms with Crippen molar-refractivity contribution in [1.29, 1.82) is 0 Å². The summed E-state index contributed by atoms with van der Waals surface area (Å²) in [4.78, 5) is 11.2. The number of rotatable bonds is 6. The monoisotopic (exact) mass is 198 g/mol. The number of amides is 1. The molecule has 1 unspecified atom stereocenters. The molecule has 0 aliphatic carbocycles. The first-order valence-corrected chi connectivity index (χ1v) is 5.31. The molecule has 3 heteroatoms. The van der Waals surface area contributed by atoms with Gasteiger partial charge in [0.1, 0.15) is 0 Å². The van der Waals surface area contributed by atoms with Gasteiger partial charge >= 0.3 is 0 Å². The van der Waals surface area contributed by atoms with Crippen LogP contribution < -0.4 is 11.5 Å². The van der Waals surface area contributed by atoms with Gasteiger partial charge < -0.3 is 11.5 Å².